The van der Waals surface area contributed by atoms with Gasteiger partial charge in [0, 0.05) is 30.3 Å². The number of carbonyl (C=O) groups excluding carboxylic acids is 1. The van der Waals surface area contributed by atoms with Crippen molar-refractivity contribution in [2.75, 3.05) is 25.5 Å². The Bertz CT molecular complexity index is 901. The molecule has 1 heterocycles. The Labute approximate surface area is 167 Å². The van der Waals surface area contributed by atoms with E-state index >= 15 is 0 Å². The Balaban J connectivity index is 1.69. The molecule has 1 N–H and O–H groups in total. The molecule has 4 nitrogen and oxygen atoms in total. The third kappa shape index (κ3) is 3.17. The summed E-state index contributed by atoms with van der Waals surface area (Å²) in [6, 6.07) is 14.7. The second-order valence-electron chi connectivity index (χ2n) is 7.53. The zero-order valence-electron chi connectivity index (χ0n) is 16.8. The van der Waals surface area contributed by atoms with Crippen LogP contribution in [-0.4, -0.2) is 31.0 Å². The van der Waals surface area contributed by atoms with Gasteiger partial charge in [0.25, 0.3) is 5.91 Å². The molecule has 0 fully saturated rings. The number of hydrogen-bond donors (Lipinski definition) is 1. The van der Waals surface area contributed by atoms with Gasteiger partial charge < -0.3 is 15.0 Å². The van der Waals surface area contributed by atoms with Gasteiger partial charge in [0.05, 0.1) is 13.2 Å². The number of rotatable bonds is 5. The first-order valence-corrected chi connectivity index (χ1v) is 10.2. The molecule has 2 aromatic carbocycles. The Morgan fingerprint density at radius 2 is 2.00 bits per heavy atom. The number of methoxy groups -OCH3 is 1. The maximum absolute atomic E-state index is 12.8. The Hall–Kier alpha value is -2.75. The van der Waals surface area contributed by atoms with Crippen molar-refractivity contribution in [2.24, 2.45) is 5.92 Å². The van der Waals surface area contributed by atoms with E-state index in [-0.39, 0.29) is 11.9 Å². The number of benzene rings is 2. The first-order valence-electron chi connectivity index (χ1n) is 10.2. The second-order valence-corrected chi connectivity index (χ2v) is 7.53. The average molecular weight is 377 g/mol. The topological polar surface area (TPSA) is 41.6 Å². The molecule has 0 radical (unpaired) electrons. The van der Waals surface area contributed by atoms with Crippen LogP contribution < -0.4 is 10.1 Å². The number of fused-ring (bicyclic) bond motifs is 3. The van der Waals surface area contributed by atoms with E-state index in [9.17, 15) is 4.79 Å². The number of hydrogen-bond acceptors (Lipinski definition) is 3. The van der Waals surface area contributed by atoms with E-state index in [1.807, 2.05) is 30.9 Å². The van der Waals surface area contributed by atoms with Gasteiger partial charge in [0.15, 0.2) is 0 Å². The lowest BCUT2D eigenvalue weighted by Crippen LogP contribution is -2.32. The predicted octanol–water partition coefficient (Wildman–Crippen LogP) is 5.00. The van der Waals surface area contributed by atoms with Crippen LogP contribution in [0.5, 0.6) is 5.75 Å². The van der Waals surface area contributed by atoms with Crippen molar-refractivity contribution in [2.45, 2.75) is 32.2 Å². The van der Waals surface area contributed by atoms with Gasteiger partial charge in [-0.25, -0.2) is 0 Å². The summed E-state index contributed by atoms with van der Waals surface area (Å²) in [4.78, 5) is 14.7. The first kappa shape index (κ1) is 18.6. The Kier molecular flexibility index (Phi) is 5.12. The van der Waals surface area contributed by atoms with Gasteiger partial charge in [0.1, 0.15) is 5.75 Å². The van der Waals surface area contributed by atoms with Crippen LogP contribution >= 0.6 is 0 Å². The molecule has 0 saturated heterocycles. The van der Waals surface area contributed by atoms with E-state index in [4.69, 9.17) is 4.74 Å². The fraction of sp³-hybridized carbons (Fsp3) is 0.375. The maximum Gasteiger partial charge on any atom is 0.253 e. The molecular weight excluding hydrogens is 348 g/mol. The lowest BCUT2D eigenvalue weighted by atomic mass is 9.76. The van der Waals surface area contributed by atoms with Crippen molar-refractivity contribution < 1.29 is 9.53 Å². The van der Waals surface area contributed by atoms with Gasteiger partial charge in [-0.15, -0.1) is 0 Å². The van der Waals surface area contributed by atoms with Gasteiger partial charge in [0.2, 0.25) is 0 Å². The van der Waals surface area contributed by atoms with Crippen molar-refractivity contribution >= 4 is 11.6 Å². The van der Waals surface area contributed by atoms with Crippen LogP contribution in [0.2, 0.25) is 0 Å². The zero-order valence-corrected chi connectivity index (χ0v) is 16.8. The molecule has 0 saturated carbocycles. The van der Waals surface area contributed by atoms with E-state index in [0.717, 1.165) is 36.5 Å². The fourth-order valence-corrected chi connectivity index (χ4v) is 4.59. The van der Waals surface area contributed by atoms with Crippen molar-refractivity contribution in [1.82, 2.24) is 4.90 Å². The smallest absolute Gasteiger partial charge is 0.253 e. The molecule has 1 aliphatic heterocycles. The normalized spacial score (nSPS) is 22.2. The number of amides is 1. The minimum absolute atomic E-state index is 0.112. The molecule has 2 aliphatic rings. The molecule has 0 aromatic heterocycles. The molecule has 4 rings (SSSR count). The molecule has 3 unspecified atom stereocenters. The van der Waals surface area contributed by atoms with Crippen molar-refractivity contribution in [3.8, 4) is 5.75 Å². The first-order chi connectivity index (χ1) is 13.7. The monoisotopic (exact) mass is 376 g/mol. The van der Waals surface area contributed by atoms with E-state index in [2.05, 4.69) is 47.8 Å². The van der Waals surface area contributed by atoms with Crippen molar-refractivity contribution in [3.05, 3.63) is 71.3 Å². The van der Waals surface area contributed by atoms with Crippen LogP contribution in [0.4, 0.5) is 5.69 Å². The number of carbonyl (C=O) groups is 1. The summed E-state index contributed by atoms with van der Waals surface area (Å²) in [5, 5.41) is 3.74. The molecule has 0 spiro atoms. The standard InChI is InChI=1S/C24H28N2O2/c1-4-26(5-2)24(27)17-12-13-22-21(15-17)19-10-7-11-20(19)23(25-22)16-8-6-9-18(14-16)28-3/h6-10,12-15,19-20,23,25H,4-5,11H2,1-3H3. The molecule has 146 valence electrons. The molecule has 4 heteroatoms. The van der Waals surface area contributed by atoms with Gasteiger partial charge in [-0.05, 0) is 67.6 Å². The maximum atomic E-state index is 12.8. The highest BCUT2D eigenvalue weighted by molar-refractivity contribution is 5.95. The number of allylic oxidation sites excluding steroid dienone is 2. The third-order valence-electron chi connectivity index (χ3n) is 6.11. The van der Waals surface area contributed by atoms with E-state index < -0.39 is 0 Å². The van der Waals surface area contributed by atoms with Gasteiger partial charge >= 0.3 is 0 Å². The number of anilines is 1. The van der Waals surface area contributed by atoms with Crippen LogP contribution in [0.25, 0.3) is 0 Å². The summed E-state index contributed by atoms with van der Waals surface area (Å²) in [7, 11) is 1.71. The minimum atomic E-state index is 0.112. The quantitative estimate of drug-likeness (QED) is 0.747. The lowest BCUT2D eigenvalue weighted by Gasteiger charge is -2.38. The molecule has 1 aliphatic carbocycles. The number of nitrogens with one attached hydrogen (secondary N) is 1. The van der Waals surface area contributed by atoms with Crippen LogP contribution in [0.1, 0.15) is 53.7 Å². The molecule has 0 bridgehead atoms. The summed E-state index contributed by atoms with van der Waals surface area (Å²) in [5.41, 5.74) is 4.38. The Morgan fingerprint density at radius 1 is 1.18 bits per heavy atom. The number of nitrogens with zero attached hydrogens (tertiary/aromatic N) is 1. The number of ether oxygens (including phenoxy) is 1. The SMILES string of the molecule is CCN(CC)C(=O)c1ccc2c(c1)C1C=CCC1C(c1cccc(OC)c1)N2. The Morgan fingerprint density at radius 3 is 2.75 bits per heavy atom. The highest BCUT2D eigenvalue weighted by atomic mass is 16.5. The minimum Gasteiger partial charge on any atom is -0.497 e. The second kappa shape index (κ2) is 7.70. The molecular formula is C24H28N2O2. The molecule has 28 heavy (non-hydrogen) atoms. The summed E-state index contributed by atoms with van der Waals surface area (Å²) in [5.74, 6) is 1.77. The van der Waals surface area contributed by atoms with Crippen molar-refractivity contribution in [1.29, 1.82) is 0 Å². The van der Waals surface area contributed by atoms with E-state index in [1.54, 1.807) is 7.11 Å². The van der Waals surface area contributed by atoms with Gasteiger partial charge in [-0.1, -0.05) is 24.3 Å². The van der Waals surface area contributed by atoms with Crippen LogP contribution in [-0.2, 0) is 0 Å². The van der Waals surface area contributed by atoms with Gasteiger partial charge in [-0.2, -0.15) is 0 Å². The van der Waals surface area contributed by atoms with Crippen molar-refractivity contribution in [3.63, 3.8) is 0 Å². The molecule has 1 amide bonds. The summed E-state index contributed by atoms with van der Waals surface area (Å²) in [6.07, 6.45) is 5.62. The third-order valence-corrected chi connectivity index (χ3v) is 6.11. The lowest BCUT2D eigenvalue weighted by molar-refractivity contribution is 0.0773. The summed E-state index contributed by atoms with van der Waals surface area (Å²) in [6.45, 7) is 5.51. The van der Waals surface area contributed by atoms with Crippen LogP contribution in [0.3, 0.4) is 0 Å². The highest BCUT2D eigenvalue weighted by Crippen LogP contribution is 2.50. The van der Waals surface area contributed by atoms with Crippen LogP contribution in [0.15, 0.2) is 54.6 Å². The summed E-state index contributed by atoms with van der Waals surface area (Å²) >= 11 is 0. The fourth-order valence-electron chi connectivity index (χ4n) is 4.59. The zero-order chi connectivity index (χ0) is 19.7. The van der Waals surface area contributed by atoms with Crippen LogP contribution in [0, 0.1) is 5.92 Å². The predicted molar refractivity (Wildman–Crippen MR) is 113 cm³/mol. The van der Waals surface area contributed by atoms with Gasteiger partial charge in [-0.3, -0.25) is 4.79 Å². The highest BCUT2D eigenvalue weighted by Gasteiger charge is 2.38. The largest absolute Gasteiger partial charge is 0.497 e. The molecule has 3 atom stereocenters. The van der Waals surface area contributed by atoms with E-state index in [1.165, 1.54) is 11.1 Å². The summed E-state index contributed by atoms with van der Waals surface area (Å²) < 4.78 is 5.43. The molecule has 2 aromatic rings. The van der Waals surface area contributed by atoms with E-state index in [0.29, 0.717) is 11.8 Å². The average Bonchev–Trinajstić information content (AvgIpc) is 3.24.